The number of nitrogens with zero attached hydrogens (tertiary/aromatic N) is 3. The summed E-state index contributed by atoms with van der Waals surface area (Å²) in [6.45, 7) is 8.15. The number of nitrogens with one attached hydrogen (secondary N) is 1. The highest BCUT2D eigenvalue weighted by molar-refractivity contribution is 5.99. The van der Waals surface area contributed by atoms with Gasteiger partial charge in [0.2, 0.25) is 11.8 Å². The minimum atomic E-state index is -0.868. The average Bonchev–Trinajstić information content (AvgIpc) is 3.95. The summed E-state index contributed by atoms with van der Waals surface area (Å²) in [5.74, 6) is 1.27. The fourth-order valence-electron chi connectivity index (χ4n) is 6.56. The van der Waals surface area contributed by atoms with Crippen molar-refractivity contribution in [3.8, 4) is 22.9 Å². The third kappa shape index (κ3) is 6.95. The van der Waals surface area contributed by atoms with Crippen LogP contribution >= 0.6 is 0 Å². The van der Waals surface area contributed by atoms with E-state index in [1.54, 1.807) is 19.3 Å². The number of aromatic nitrogens is 3. The van der Waals surface area contributed by atoms with Crippen LogP contribution in [0.5, 0.6) is 0 Å². The molecule has 0 saturated carbocycles. The maximum absolute atomic E-state index is 13.2. The van der Waals surface area contributed by atoms with Crippen molar-refractivity contribution in [2.24, 2.45) is 5.92 Å². The van der Waals surface area contributed by atoms with Crippen LogP contribution < -0.4 is 5.32 Å². The SMILES string of the molecule is CCOC(=O)n1cc(-c2cnc(-c3nc([C@@H](NC(=O)OCc4ccccc4)C(C)C)oc3C(C)(c3ccccc3)c3ccccc3)o2)c2ccccc21. The number of hydrogen-bond acceptors (Lipinski definition) is 8. The fraction of sp³-hybridized carbons (Fsp3) is 0.209. The van der Waals surface area contributed by atoms with E-state index in [1.807, 2.05) is 129 Å². The van der Waals surface area contributed by atoms with Crippen molar-refractivity contribution in [1.29, 1.82) is 0 Å². The Kier molecular flexibility index (Phi) is 9.94. The summed E-state index contributed by atoms with van der Waals surface area (Å²) in [4.78, 5) is 35.9. The molecule has 0 saturated heterocycles. The Hall–Kier alpha value is -6.42. The number of para-hydroxylation sites is 1. The van der Waals surface area contributed by atoms with E-state index in [1.165, 1.54) is 4.57 Å². The lowest BCUT2D eigenvalue weighted by atomic mass is 9.73. The van der Waals surface area contributed by atoms with Crippen molar-refractivity contribution in [2.75, 3.05) is 6.61 Å². The zero-order valence-electron chi connectivity index (χ0n) is 30.0. The molecule has 268 valence electrons. The first-order chi connectivity index (χ1) is 25.8. The van der Waals surface area contributed by atoms with Gasteiger partial charge in [0.05, 0.1) is 23.7 Å². The number of benzene rings is 4. The summed E-state index contributed by atoms with van der Waals surface area (Å²) >= 11 is 0. The van der Waals surface area contributed by atoms with Crippen LogP contribution in [0.4, 0.5) is 9.59 Å². The van der Waals surface area contributed by atoms with Crippen molar-refractivity contribution >= 4 is 23.1 Å². The maximum Gasteiger partial charge on any atom is 0.418 e. The van der Waals surface area contributed by atoms with Gasteiger partial charge in [-0.15, -0.1) is 0 Å². The molecule has 0 unspecified atom stereocenters. The fourth-order valence-corrected chi connectivity index (χ4v) is 6.56. The summed E-state index contributed by atoms with van der Waals surface area (Å²) in [6.07, 6.45) is 2.22. The first kappa shape index (κ1) is 35.0. The van der Waals surface area contributed by atoms with E-state index < -0.39 is 23.6 Å². The third-order valence-electron chi connectivity index (χ3n) is 9.37. The molecular formula is C43H40N4O6. The predicted octanol–water partition coefficient (Wildman–Crippen LogP) is 9.93. The van der Waals surface area contributed by atoms with Crippen LogP contribution in [0.1, 0.15) is 62.1 Å². The smallest absolute Gasteiger partial charge is 0.418 e. The Morgan fingerprint density at radius 2 is 1.45 bits per heavy atom. The zero-order chi connectivity index (χ0) is 37.0. The molecular weight excluding hydrogens is 668 g/mol. The van der Waals surface area contributed by atoms with Crippen molar-refractivity contribution in [2.45, 2.75) is 45.8 Å². The summed E-state index contributed by atoms with van der Waals surface area (Å²) in [6, 6.07) is 36.4. The van der Waals surface area contributed by atoms with Gasteiger partial charge in [-0.1, -0.05) is 123 Å². The molecule has 3 aromatic heterocycles. The van der Waals surface area contributed by atoms with Crippen molar-refractivity contribution < 1.29 is 27.9 Å². The van der Waals surface area contributed by atoms with Crippen LogP contribution in [0.25, 0.3) is 33.8 Å². The van der Waals surface area contributed by atoms with E-state index in [-0.39, 0.29) is 30.9 Å². The van der Waals surface area contributed by atoms with Gasteiger partial charge < -0.3 is 23.6 Å². The molecule has 0 radical (unpaired) electrons. The van der Waals surface area contributed by atoms with Crippen LogP contribution in [0, 0.1) is 5.92 Å². The average molecular weight is 709 g/mol. The second-order valence-corrected chi connectivity index (χ2v) is 13.2. The van der Waals surface area contributed by atoms with Gasteiger partial charge in [-0.3, -0.25) is 4.57 Å². The summed E-state index contributed by atoms with van der Waals surface area (Å²) in [5.41, 5.74) is 3.62. The van der Waals surface area contributed by atoms with Crippen LogP contribution in [0.2, 0.25) is 0 Å². The molecule has 0 spiro atoms. The van der Waals surface area contributed by atoms with Gasteiger partial charge in [0.15, 0.2) is 17.2 Å². The van der Waals surface area contributed by atoms with E-state index in [9.17, 15) is 9.59 Å². The second kappa shape index (κ2) is 15.1. The van der Waals surface area contributed by atoms with Crippen molar-refractivity contribution in [3.63, 3.8) is 0 Å². The molecule has 4 aromatic carbocycles. The summed E-state index contributed by atoms with van der Waals surface area (Å²) in [5, 5.41) is 3.78. The first-order valence-electron chi connectivity index (χ1n) is 17.6. The summed E-state index contributed by atoms with van der Waals surface area (Å²) < 4.78 is 25.8. The number of fused-ring (bicyclic) bond motifs is 1. The zero-order valence-corrected chi connectivity index (χ0v) is 30.0. The highest BCUT2D eigenvalue weighted by atomic mass is 16.6. The van der Waals surface area contributed by atoms with Gasteiger partial charge in [0.1, 0.15) is 12.6 Å². The largest absolute Gasteiger partial charge is 0.449 e. The van der Waals surface area contributed by atoms with Gasteiger partial charge in [-0.05, 0) is 42.5 Å². The molecule has 1 atom stereocenters. The minimum Gasteiger partial charge on any atom is -0.449 e. The van der Waals surface area contributed by atoms with E-state index in [4.69, 9.17) is 28.3 Å². The van der Waals surface area contributed by atoms with Crippen LogP contribution in [0.15, 0.2) is 136 Å². The Morgan fingerprint density at radius 1 is 0.830 bits per heavy atom. The highest BCUT2D eigenvalue weighted by Crippen LogP contribution is 2.45. The molecule has 0 aliphatic heterocycles. The number of ether oxygens (including phenoxy) is 2. The normalized spacial score (nSPS) is 12.2. The molecule has 7 rings (SSSR count). The Morgan fingerprint density at radius 3 is 2.09 bits per heavy atom. The Bertz CT molecular complexity index is 2290. The number of rotatable bonds is 11. The Labute approximate surface area is 307 Å². The standard InChI is InChI=1S/C43H40N4O6/c1-5-50-42(49)47-26-33(32-23-15-16-24-34(32)47)35-25-44-39(52-35)37-38(43(4,30-19-11-7-12-20-30)31-21-13-8-14-22-31)53-40(45-37)36(28(2)3)46-41(48)51-27-29-17-9-6-10-18-29/h6-26,28,36H,5,27H2,1-4H3,(H,46,48)/t36-/m0/s1. The third-order valence-corrected chi connectivity index (χ3v) is 9.37. The highest BCUT2D eigenvalue weighted by Gasteiger charge is 2.41. The molecule has 7 aromatic rings. The number of amides is 1. The van der Waals surface area contributed by atoms with Crippen LogP contribution in [-0.4, -0.2) is 33.3 Å². The molecule has 0 aliphatic carbocycles. The van der Waals surface area contributed by atoms with Gasteiger partial charge in [-0.2, -0.15) is 0 Å². The lowest BCUT2D eigenvalue weighted by Crippen LogP contribution is -2.32. The summed E-state index contributed by atoms with van der Waals surface area (Å²) in [7, 11) is 0. The van der Waals surface area contributed by atoms with Gasteiger partial charge in [0.25, 0.3) is 0 Å². The van der Waals surface area contributed by atoms with Crippen LogP contribution in [-0.2, 0) is 21.5 Å². The molecule has 53 heavy (non-hydrogen) atoms. The lowest BCUT2D eigenvalue weighted by Gasteiger charge is -2.29. The van der Waals surface area contributed by atoms with E-state index >= 15 is 0 Å². The monoisotopic (exact) mass is 708 g/mol. The molecule has 0 fully saturated rings. The lowest BCUT2D eigenvalue weighted by molar-refractivity contribution is 0.130. The quantitative estimate of drug-likeness (QED) is 0.141. The topological polar surface area (TPSA) is 122 Å². The minimum absolute atomic E-state index is 0.116. The molecule has 10 heteroatoms. The number of carbonyl (C=O) groups excluding carboxylic acids is 2. The number of alkyl carbamates (subject to hydrolysis) is 1. The van der Waals surface area contributed by atoms with E-state index in [2.05, 4.69) is 12.2 Å². The molecule has 10 nitrogen and oxygen atoms in total. The van der Waals surface area contributed by atoms with E-state index in [0.29, 0.717) is 28.3 Å². The van der Waals surface area contributed by atoms with Crippen molar-refractivity contribution in [3.05, 3.63) is 156 Å². The predicted molar refractivity (Wildman–Crippen MR) is 201 cm³/mol. The molecule has 1 amide bonds. The second-order valence-electron chi connectivity index (χ2n) is 13.2. The maximum atomic E-state index is 13.2. The van der Waals surface area contributed by atoms with Crippen molar-refractivity contribution in [1.82, 2.24) is 19.9 Å². The molecule has 3 heterocycles. The number of hydrogen-bond donors (Lipinski definition) is 1. The number of carbonyl (C=O) groups is 2. The molecule has 0 bridgehead atoms. The van der Waals surface area contributed by atoms with Crippen LogP contribution in [0.3, 0.4) is 0 Å². The molecule has 1 N–H and O–H groups in total. The first-order valence-corrected chi connectivity index (χ1v) is 17.6. The molecule has 0 aliphatic rings. The van der Waals surface area contributed by atoms with E-state index in [0.717, 1.165) is 22.1 Å². The Balaban J connectivity index is 1.35. The van der Waals surface area contributed by atoms with Gasteiger partial charge in [-0.25, -0.2) is 19.6 Å². The van der Waals surface area contributed by atoms with Gasteiger partial charge in [0, 0.05) is 17.1 Å². The number of oxazole rings is 2. The van der Waals surface area contributed by atoms with Gasteiger partial charge >= 0.3 is 12.2 Å².